The summed E-state index contributed by atoms with van der Waals surface area (Å²) in [4.78, 5) is 27.4. The van der Waals surface area contributed by atoms with Gasteiger partial charge in [-0.15, -0.1) is 10.2 Å². The SMILES string of the molecule is CCc1nnc(NC(=O)CCc2c(C)c3c(C)nn(C)c3[nH]c2=O)s1. The Balaban J connectivity index is 1.77. The molecule has 0 unspecified atom stereocenters. The fraction of sp³-hybridized carbons (Fsp3) is 0.438. The third-order valence-corrected chi connectivity index (χ3v) is 5.16. The van der Waals surface area contributed by atoms with Gasteiger partial charge in [0, 0.05) is 24.4 Å². The van der Waals surface area contributed by atoms with E-state index >= 15 is 0 Å². The second-order valence-corrected chi connectivity index (χ2v) is 6.96. The Morgan fingerprint density at radius 2 is 2.08 bits per heavy atom. The molecule has 0 aliphatic carbocycles. The molecule has 8 nitrogen and oxygen atoms in total. The number of rotatable bonds is 5. The predicted octanol–water partition coefficient (Wildman–Crippen LogP) is 1.86. The Labute approximate surface area is 148 Å². The van der Waals surface area contributed by atoms with Crippen LogP contribution in [-0.2, 0) is 24.7 Å². The van der Waals surface area contributed by atoms with Gasteiger partial charge in [0.05, 0.1) is 5.69 Å². The van der Waals surface area contributed by atoms with E-state index in [9.17, 15) is 9.59 Å². The molecule has 25 heavy (non-hydrogen) atoms. The number of aryl methyl sites for hydroxylation is 4. The van der Waals surface area contributed by atoms with Crippen molar-refractivity contribution in [3.63, 3.8) is 0 Å². The van der Waals surface area contributed by atoms with Crippen molar-refractivity contribution in [1.82, 2.24) is 25.0 Å². The second kappa shape index (κ2) is 6.75. The molecule has 3 heterocycles. The normalized spacial score (nSPS) is 11.2. The number of hydrogen-bond acceptors (Lipinski definition) is 6. The van der Waals surface area contributed by atoms with Gasteiger partial charge in [-0.2, -0.15) is 5.10 Å². The molecule has 132 valence electrons. The van der Waals surface area contributed by atoms with Crippen LogP contribution in [0.25, 0.3) is 11.0 Å². The molecule has 1 amide bonds. The number of nitrogens with one attached hydrogen (secondary N) is 2. The molecule has 0 spiro atoms. The first kappa shape index (κ1) is 17.3. The van der Waals surface area contributed by atoms with Crippen molar-refractivity contribution in [3.05, 3.63) is 32.2 Å². The summed E-state index contributed by atoms with van der Waals surface area (Å²) < 4.78 is 1.66. The molecule has 0 aliphatic rings. The number of pyridine rings is 1. The number of carbonyl (C=O) groups excluding carboxylic acids is 1. The van der Waals surface area contributed by atoms with Crippen LogP contribution in [0.5, 0.6) is 0 Å². The summed E-state index contributed by atoms with van der Waals surface area (Å²) in [5.41, 5.74) is 2.88. The first-order chi connectivity index (χ1) is 11.9. The molecule has 0 aliphatic heterocycles. The minimum Gasteiger partial charge on any atom is -0.307 e. The number of aromatic amines is 1. The molecule has 0 saturated heterocycles. The fourth-order valence-corrected chi connectivity index (χ4v) is 3.62. The first-order valence-electron chi connectivity index (χ1n) is 8.08. The van der Waals surface area contributed by atoms with E-state index in [4.69, 9.17) is 0 Å². The largest absolute Gasteiger partial charge is 0.307 e. The highest BCUT2D eigenvalue weighted by atomic mass is 32.1. The van der Waals surface area contributed by atoms with Gasteiger partial charge in [0.1, 0.15) is 10.7 Å². The molecule has 0 saturated carbocycles. The van der Waals surface area contributed by atoms with Crippen molar-refractivity contribution in [2.45, 2.75) is 40.0 Å². The standard InChI is InChI=1S/C16H20N6O2S/c1-5-12-19-20-16(25-12)17-11(23)7-6-10-8(2)13-9(3)21-22(4)14(13)18-15(10)24/h5-7H2,1-4H3,(H,18,24)(H,17,20,23). The van der Waals surface area contributed by atoms with E-state index < -0.39 is 0 Å². The Morgan fingerprint density at radius 3 is 2.76 bits per heavy atom. The van der Waals surface area contributed by atoms with Crippen LogP contribution in [-0.4, -0.2) is 30.9 Å². The molecule has 0 bridgehead atoms. The Bertz CT molecular complexity index is 1000. The van der Waals surface area contributed by atoms with E-state index in [0.29, 0.717) is 22.8 Å². The minimum absolute atomic E-state index is 0.176. The van der Waals surface area contributed by atoms with E-state index in [1.54, 1.807) is 11.7 Å². The molecule has 0 atom stereocenters. The van der Waals surface area contributed by atoms with Crippen LogP contribution in [0.1, 0.15) is 35.2 Å². The summed E-state index contributed by atoms with van der Waals surface area (Å²) >= 11 is 1.36. The summed E-state index contributed by atoms with van der Waals surface area (Å²) in [5, 5.41) is 17.3. The molecule has 0 aromatic carbocycles. The van der Waals surface area contributed by atoms with Gasteiger partial charge in [-0.1, -0.05) is 18.3 Å². The number of amides is 1. The number of anilines is 1. The van der Waals surface area contributed by atoms with Crippen molar-refractivity contribution in [2.75, 3.05) is 5.32 Å². The van der Waals surface area contributed by atoms with Crippen LogP contribution in [0.15, 0.2) is 4.79 Å². The highest BCUT2D eigenvalue weighted by molar-refractivity contribution is 7.15. The van der Waals surface area contributed by atoms with Gasteiger partial charge < -0.3 is 10.3 Å². The Morgan fingerprint density at radius 1 is 1.32 bits per heavy atom. The maximum absolute atomic E-state index is 12.4. The zero-order chi connectivity index (χ0) is 18.1. The predicted molar refractivity (Wildman–Crippen MR) is 97.0 cm³/mol. The lowest BCUT2D eigenvalue weighted by Gasteiger charge is -2.07. The van der Waals surface area contributed by atoms with E-state index in [0.717, 1.165) is 28.1 Å². The molecular weight excluding hydrogens is 340 g/mol. The van der Waals surface area contributed by atoms with Crippen LogP contribution in [0.3, 0.4) is 0 Å². The molecule has 3 rings (SSSR count). The fourth-order valence-electron chi connectivity index (χ4n) is 2.92. The number of fused-ring (bicyclic) bond motifs is 1. The van der Waals surface area contributed by atoms with Gasteiger partial charge in [-0.25, -0.2) is 0 Å². The lowest BCUT2D eigenvalue weighted by molar-refractivity contribution is -0.116. The van der Waals surface area contributed by atoms with Crippen molar-refractivity contribution in [2.24, 2.45) is 7.05 Å². The van der Waals surface area contributed by atoms with Gasteiger partial charge in [-0.05, 0) is 32.3 Å². The maximum atomic E-state index is 12.4. The van der Waals surface area contributed by atoms with Crippen molar-refractivity contribution >= 4 is 33.4 Å². The summed E-state index contributed by atoms with van der Waals surface area (Å²) in [6.07, 6.45) is 1.35. The summed E-state index contributed by atoms with van der Waals surface area (Å²) in [6, 6.07) is 0. The van der Waals surface area contributed by atoms with E-state index in [2.05, 4.69) is 25.6 Å². The molecular formula is C16H20N6O2S. The van der Waals surface area contributed by atoms with Gasteiger partial charge in [-0.3, -0.25) is 14.3 Å². The van der Waals surface area contributed by atoms with Crippen molar-refractivity contribution < 1.29 is 4.79 Å². The van der Waals surface area contributed by atoms with Gasteiger partial charge in [0.25, 0.3) is 5.56 Å². The van der Waals surface area contributed by atoms with Crippen LogP contribution < -0.4 is 10.9 Å². The zero-order valence-electron chi connectivity index (χ0n) is 14.6. The first-order valence-corrected chi connectivity index (χ1v) is 8.89. The smallest absolute Gasteiger partial charge is 0.253 e. The molecule has 3 aromatic heterocycles. The molecule has 2 N–H and O–H groups in total. The van der Waals surface area contributed by atoms with Crippen molar-refractivity contribution in [3.8, 4) is 0 Å². The van der Waals surface area contributed by atoms with E-state index in [1.807, 2.05) is 20.8 Å². The second-order valence-electron chi connectivity index (χ2n) is 5.89. The summed E-state index contributed by atoms with van der Waals surface area (Å²) in [5.74, 6) is -0.180. The molecule has 0 radical (unpaired) electrons. The average Bonchev–Trinajstić information content (AvgIpc) is 3.11. The third-order valence-electron chi connectivity index (χ3n) is 4.17. The zero-order valence-corrected chi connectivity index (χ0v) is 15.5. The minimum atomic E-state index is -0.180. The maximum Gasteiger partial charge on any atom is 0.253 e. The number of hydrogen-bond donors (Lipinski definition) is 2. The van der Waals surface area contributed by atoms with Gasteiger partial charge in [0.15, 0.2) is 0 Å². The quantitative estimate of drug-likeness (QED) is 0.722. The van der Waals surface area contributed by atoms with E-state index in [-0.39, 0.29) is 17.9 Å². The lowest BCUT2D eigenvalue weighted by atomic mass is 10.0. The number of aromatic nitrogens is 5. The van der Waals surface area contributed by atoms with Crippen molar-refractivity contribution in [1.29, 1.82) is 0 Å². The monoisotopic (exact) mass is 360 g/mol. The summed E-state index contributed by atoms with van der Waals surface area (Å²) in [7, 11) is 1.80. The Kier molecular flexibility index (Phi) is 4.67. The van der Waals surface area contributed by atoms with Crippen LogP contribution in [0.4, 0.5) is 5.13 Å². The molecule has 0 fully saturated rings. The molecule has 9 heteroatoms. The topological polar surface area (TPSA) is 106 Å². The van der Waals surface area contributed by atoms with Crippen LogP contribution >= 0.6 is 11.3 Å². The van der Waals surface area contributed by atoms with Crippen LogP contribution in [0, 0.1) is 13.8 Å². The van der Waals surface area contributed by atoms with Crippen LogP contribution in [0.2, 0.25) is 0 Å². The number of nitrogens with zero attached hydrogens (tertiary/aromatic N) is 4. The number of carbonyl (C=O) groups is 1. The average molecular weight is 360 g/mol. The summed E-state index contributed by atoms with van der Waals surface area (Å²) in [6.45, 7) is 5.79. The third kappa shape index (κ3) is 3.32. The highest BCUT2D eigenvalue weighted by Gasteiger charge is 2.16. The Hall–Kier alpha value is -2.55. The molecule has 3 aromatic rings. The van der Waals surface area contributed by atoms with Gasteiger partial charge in [0.2, 0.25) is 11.0 Å². The van der Waals surface area contributed by atoms with E-state index in [1.165, 1.54) is 11.3 Å². The number of H-pyrrole nitrogens is 1. The van der Waals surface area contributed by atoms with Gasteiger partial charge >= 0.3 is 0 Å². The highest BCUT2D eigenvalue weighted by Crippen LogP contribution is 2.21. The lowest BCUT2D eigenvalue weighted by Crippen LogP contribution is -2.19.